The second kappa shape index (κ2) is 5.10. The van der Waals surface area contributed by atoms with Crippen LogP contribution in [0.15, 0.2) is 41.0 Å². The van der Waals surface area contributed by atoms with E-state index in [9.17, 15) is 8.78 Å². The second-order valence-electron chi connectivity index (χ2n) is 3.86. The van der Waals surface area contributed by atoms with E-state index < -0.39 is 17.7 Å². The third-order valence-electron chi connectivity index (χ3n) is 2.65. The molecule has 0 spiro atoms. The highest BCUT2D eigenvalue weighted by Gasteiger charge is 2.16. The van der Waals surface area contributed by atoms with Gasteiger partial charge >= 0.3 is 0 Å². The van der Waals surface area contributed by atoms with Gasteiger partial charge in [-0.3, -0.25) is 0 Å². The number of nitrogens with two attached hydrogens (primary N) is 1. The zero-order valence-electron chi connectivity index (χ0n) is 9.20. The molecule has 1 unspecified atom stereocenters. The Hall–Kier alpha value is -1.68. The molecule has 0 amide bonds. The molecule has 1 heterocycles. The van der Waals surface area contributed by atoms with E-state index >= 15 is 0 Å². The molecule has 1 atom stereocenters. The molecule has 0 saturated carbocycles. The van der Waals surface area contributed by atoms with Gasteiger partial charge in [0.1, 0.15) is 17.4 Å². The highest BCUT2D eigenvalue weighted by Crippen LogP contribution is 2.22. The summed E-state index contributed by atoms with van der Waals surface area (Å²) in [7, 11) is 0. The lowest BCUT2D eigenvalue weighted by molar-refractivity contribution is 0.471. The normalized spacial score (nSPS) is 12.6. The van der Waals surface area contributed by atoms with Crippen LogP contribution in [-0.4, -0.2) is 0 Å². The minimum Gasteiger partial charge on any atom is -0.469 e. The Morgan fingerprint density at radius 2 is 1.82 bits per heavy atom. The summed E-state index contributed by atoms with van der Waals surface area (Å²) in [6.45, 7) is 0. The standard InChI is InChI=1S/C13H13F2NO/c14-10-4-1-5-11(15)13(10)12(16)7-6-9-3-2-8-17-9/h1-5,8,12H,6-7,16H2. The first-order valence-corrected chi connectivity index (χ1v) is 5.40. The van der Waals surface area contributed by atoms with E-state index in [-0.39, 0.29) is 5.56 Å². The first kappa shape index (κ1) is 11.8. The SMILES string of the molecule is NC(CCc1ccco1)c1c(F)cccc1F. The largest absolute Gasteiger partial charge is 0.469 e. The third kappa shape index (κ3) is 2.71. The van der Waals surface area contributed by atoms with Crippen LogP contribution < -0.4 is 5.73 Å². The molecule has 2 rings (SSSR count). The van der Waals surface area contributed by atoms with Crippen LogP contribution in [0.5, 0.6) is 0 Å². The zero-order chi connectivity index (χ0) is 12.3. The van der Waals surface area contributed by atoms with Gasteiger partial charge in [-0.1, -0.05) is 6.07 Å². The van der Waals surface area contributed by atoms with Gasteiger partial charge in [0.05, 0.1) is 6.26 Å². The topological polar surface area (TPSA) is 39.2 Å². The molecule has 17 heavy (non-hydrogen) atoms. The molecule has 0 aliphatic heterocycles. The fraction of sp³-hybridized carbons (Fsp3) is 0.231. The first-order chi connectivity index (χ1) is 8.18. The maximum absolute atomic E-state index is 13.4. The molecule has 4 heteroatoms. The van der Waals surface area contributed by atoms with E-state index in [4.69, 9.17) is 10.2 Å². The molecule has 0 aliphatic carbocycles. The van der Waals surface area contributed by atoms with E-state index in [0.29, 0.717) is 12.8 Å². The van der Waals surface area contributed by atoms with Gasteiger partial charge in [-0.25, -0.2) is 8.78 Å². The lowest BCUT2D eigenvalue weighted by Crippen LogP contribution is -2.15. The van der Waals surface area contributed by atoms with E-state index in [2.05, 4.69) is 0 Å². The Morgan fingerprint density at radius 3 is 2.41 bits per heavy atom. The summed E-state index contributed by atoms with van der Waals surface area (Å²) in [6.07, 6.45) is 2.55. The lowest BCUT2D eigenvalue weighted by Gasteiger charge is -2.12. The Kier molecular flexibility index (Phi) is 3.54. The Bertz CT molecular complexity index is 462. The minimum atomic E-state index is -0.665. The molecule has 0 bridgehead atoms. The molecule has 2 N–H and O–H groups in total. The maximum Gasteiger partial charge on any atom is 0.130 e. The van der Waals surface area contributed by atoms with Crippen LogP contribution in [0.2, 0.25) is 0 Å². The summed E-state index contributed by atoms with van der Waals surface area (Å²) < 4.78 is 32.0. The number of hydrogen-bond acceptors (Lipinski definition) is 2. The van der Waals surface area contributed by atoms with Gasteiger partial charge in [-0.05, 0) is 30.7 Å². The predicted molar refractivity (Wildman–Crippen MR) is 60.3 cm³/mol. The summed E-state index contributed by atoms with van der Waals surface area (Å²) in [5, 5.41) is 0. The molecule has 1 aromatic heterocycles. The average molecular weight is 237 g/mol. The number of aryl methyl sites for hydroxylation is 1. The molecule has 0 radical (unpaired) electrons. The van der Waals surface area contributed by atoms with Crippen molar-refractivity contribution in [1.82, 2.24) is 0 Å². The zero-order valence-corrected chi connectivity index (χ0v) is 9.20. The van der Waals surface area contributed by atoms with Crippen molar-refractivity contribution in [3.63, 3.8) is 0 Å². The van der Waals surface area contributed by atoms with Gasteiger partial charge in [-0.2, -0.15) is 0 Å². The van der Waals surface area contributed by atoms with Crippen molar-refractivity contribution in [3.05, 3.63) is 59.6 Å². The molecule has 90 valence electrons. The molecule has 0 saturated heterocycles. The smallest absolute Gasteiger partial charge is 0.130 e. The number of furan rings is 1. The van der Waals surface area contributed by atoms with E-state index in [0.717, 1.165) is 5.76 Å². The van der Waals surface area contributed by atoms with Gasteiger partial charge < -0.3 is 10.2 Å². The number of benzene rings is 1. The fourth-order valence-corrected chi connectivity index (χ4v) is 1.76. The fourth-order valence-electron chi connectivity index (χ4n) is 1.76. The summed E-state index contributed by atoms with van der Waals surface area (Å²) in [4.78, 5) is 0. The van der Waals surface area contributed by atoms with Crippen LogP contribution in [0.25, 0.3) is 0 Å². The molecule has 2 aromatic rings. The molecular weight excluding hydrogens is 224 g/mol. The van der Waals surface area contributed by atoms with Gasteiger partial charge in [-0.15, -0.1) is 0 Å². The summed E-state index contributed by atoms with van der Waals surface area (Å²) in [5.74, 6) is -0.439. The summed E-state index contributed by atoms with van der Waals surface area (Å²) in [6, 6.07) is 6.67. The summed E-state index contributed by atoms with van der Waals surface area (Å²) in [5.41, 5.74) is 5.74. The lowest BCUT2D eigenvalue weighted by atomic mass is 10.0. The quantitative estimate of drug-likeness (QED) is 0.886. The summed E-state index contributed by atoms with van der Waals surface area (Å²) >= 11 is 0. The first-order valence-electron chi connectivity index (χ1n) is 5.40. The van der Waals surface area contributed by atoms with E-state index in [1.54, 1.807) is 12.3 Å². The highest BCUT2D eigenvalue weighted by molar-refractivity contribution is 5.23. The minimum absolute atomic E-state index is 0.0564. The average Bonchev–Trinajstić information content (AvgIpc) is 2.79. The van der Waals surface area contributed by atoms with Crippen molar-refractivity contribution in [2.75, 3.05) is 0 Å². The van der Waals surface area contributed by atoms with Gasteiger partial charge in [0, 0.05) is 18.0 Å². The Morgan fingerprint density at radius 1 is 1.12 bits per heavy atom. The second-order valence-corrected chi connectivity index (χ2v) is 3.86. The molecule has 0 aliphatic rings. The molecule has 1 aromatic carbocycles. The van der Waals surface area contributed by atoms with E-state index in [1.165, 1.54) is 18.2 Å². The van der Waals surface area contributed by atoms with Crippen molar-refractivity contribution < 1.29 is 13.2 Å². The van der Waals surface area contributed by atoms with Crippen molar-refractivity contribution in [1.29, 1.82) is 0 Å². The van der Waals surface area contributed by atoms with Crippen LogP contribution in [0, 0.1) is 11.6 Å². The number of rotatable bonds is 4. The van der Waals surface area contributed by atoms with Crippen molar-refractivity contribution in [2.24, 2.45) is 5.73 Å². The number of halogens is 2. The molecule has 2 nitrogen and oxygen atoms in total. The van der Waals surface area contributed by atoms with Crippen LogP contribution >= 0.6 is 0 Å². The van der Waals surface area contributed by atoms with E-state index in [1.807, 2.05) is 6.07 Å². The Balaban J connectivity index is 2.07. The van der Waals surface area contributed by atoms with Gasteiger partial charge in [0.2, 0.25) is 0 Å². The monoisotopic (exact) mass is 237 g/mol. The number of hydrogen-bond donors (Lipinski definition) is 1. The molecular formula is C13H13F2NO. The van der Waals surface area contributed by atoms with Crippen molar-refractivity contribution >= 4 is 0 Å². The Labute approximate surface area is 98.0 Å². The predicted octanol–water partition coefficient (Wildman–Crippen LogP) is 3.19. The van der Waals surface area contributed by atoms with Crippen LogP contribution in [0.3, 0.4) is 0 Å². The van der Waals surface area contributed by atoms with Crippen LogP contribution in [0.1, 0.15) is 23.8 Å². The van der Waals surface area contributed by atoms with Gasteiger partial charge in [0.15, 0.2) is 0 Å². The third-order valence-corrected chi connectivity index (χ3v) is 2.65. The van der Waals surface area contributed by atoms with Gasteiger partial charge in [0.25, 0.3) is 0 Å². The van der Waals surface area contributed by atoms with Crippen molar-refractivity contribution in [3.8, 4) is 0 Å². The van der Waals surface area contributed by atoms with Crippen LogP contribution in [0.4, 0.5) is 8.78 Å². The highest BCUT2D eigenvalue weighted by atomic mass is 19.1. The van der Waals surface area contributed by atoms with Crippen LogP contribution in [-0.2, 0) is 6.42 Å². The van der Waals surface area contributed by atoms with Crippen molar-refractivity contribution in [2.45, 2.75) is 18.9 Å². The maximum atomic E-state index is 13.4. The molecule has 0 fully saturated rings.